The van der Waals surface area contributed by atoms with Crippen molar-refractivity contribution in [1.29, 1.82) is 0 Å². The molecule has 0 fully saturated rings. The smallest absolute Gasteiger partial charge is 0.265 e. The highest BCUT2D eigenvalue weighted by Crippen LogP contribution is 2.42. The molecule has 0 saturated heterocycles. The fraction of sp³-hybridized carbons (Fsp3) is 0.235. The SMILES string of the molecule is CC(C)NC(=O)CN1c2ccccc2-c2ccccc2S1(=O)=O. The number of anilines is 1. The molecule has 2 aromatic rings. The standard InChI is InChI=1S/C17H18N2O3S/c1-12(2)18-17(20)11-19-15-9-5-3-7-13(15)14-8-4-6-10-16(14)23(19,21)22/h3-10,12H,11H2,1-2H3,(H,18,20). The van der Waals surface area contributed by atoms with E-state index in [1.54, 1.807) is 30.3 Å². The maximum Gasteiger partial charge on any atom is 0.265 e. The number of hydrogen-bond donors (Lipinski definition) is 1. The third-order valence-corrected chi connectivity index (χ3v) is 5.47. The van der Waals surface area contributed by atoms with E-state index in [9.17, 15) is 13.2 Å². The Morgan fingerprint density at radius 2 is 1.65 bits per heavy atom. The van der Waals surface area contributed by atoms with Crippen LogP contribution in [0.5, 0.6) is 0 Å². The van der Waals surface area contributed by atoms with Crippen LogP contribution in [0.2, 0.25) is 0 Å². The number of benzene rings is 2. The Balaban J connectivity index is 2.12. The predicted molar refractivity (Wildman–Crippen MR) is 89.7 cm³/mol. The monoisotopic (exact) mass is 330 g/mol. The number of nitrogens with zero attached hydrogens (tertiary/aromatic N) is 1. The summed E-state index contributed by atoms with van der Waals surface area (Å²) in [5.74, 6) is -0.322. The number of hydrogen-bond acceptors (Lipinski definition) is 3. The molecule has 0 bridgehead atoms. The molecule has 2 aromatic carbocycles. The lowest BCUT2D eigenvalue weighted by Crippen LogP contribution is -2.44. The summed E-state index contributed by atoms with van der Waals surface area (Å²) >= 11 is 0. The highest BCUT2D eigenvalue weighted by atomic mass is 32.2. The van der Waals surface area contributed by atoms with Crippen molar-refractivity contribution in [2.45, 2.75) is 24.8 Å². The van der Waals surface area contributed by atoms with Crippen molar-refractivity contribution in [2.24, 2.45) is 0 Å². The van der Waals surface area contributed by atoms with Crippen LogP contribution >= 0.6 is 0 Å². The quantitative estimate of drug-likeness (QED) is 0.940. The minimum absolute atomic E-state index is 0.0440. The van der Waals surface area contributed by atoms with Crippen LogP contribution in [0.15, 0.2) is 53.4 Å². The molecule has 23 heavy (non-hydrogen) atoms. The van der Waals surface area contributed by atoms with E-state index in [1.807, 2.05) is 32.0 Å². The average Bonchev–Trinajstić information content (AvgIpc) is 2.51. The number of nitrogens with one attached hydrogen (secondary N) is 1. The van der Waals surface area contributed by atoms with Gasteiger partial charge >= 0.3 is 0 Å². The zero-order valence-corrected chi connectivity index (χ0v) is 13.8. The van der Waals surface area contributed by atoms with Gasteiger partial charge < -0.3 is 5.32 Å². The first-order valence-corrected chi connectivity index (χ1v) is 8.86. The molecule has 0 radical (unpaired) electrons. The Morgan fingerprint density at radius 3 is 2.35 bits per heavy atom. The van der Waals surface area contributed by atoms with Crippen LogP contribution in [0.25, 0.3) is 11.1 Å². The molecule has 0 saturated carbocycles. The van der Waals surface area contributed by atoms with Crippen molar-refractivity contribution in [3.8, 4) is 11.1 Å². The summed E-state index contributed by atoms with van der Waals surface area (Å²) in [6, 6.07) is 14.1. The van der Waals surface area contributed by atoms with Crippen molar-refractivity contribution >= 4 is 21.6 Å². The summed E-state index contributed by atoms with van der Waals surface area (Å²) in [6.07, 6.45) is 0. The van der Waals surface area contributed by atoms with E-state index in [2.05, 4.69) is 5.32 Å². The number of amides is 1. The van der Waals surface area contributed by atoms with E-state index in [4.69, 9.17) is 0 Å². The molecule has 1 aliphatic rings. The lowest BCUT2D eigenvalue weighted by Gasteiger charge is -2.31. The lowest BCUT2D eigenvalue weighted by molar-refractivity contribution is -0.120. The summed E-state index contributed by atoms with van der Waals surface area (Å²) < 4.78 is 27.1. The first-order chi connectivity index (χ1) is 10.9. The third-order valence-electron chi connectivity index (χ3n) is 3.65. The summed E-state index contributed by atoms with van der Waals surface area (Å²) in [6.45, 7) is 3.45. The molecule has 1 aliphatic heterocycles. The Labute approximate surface area is 136 Å². The van der Waals surface area contributed by atoms with Gasteiger partial charge in [-0.25, -0.2) is 8.42 Å². The number of para-hydroxylation sites is 1. The largest absolute Gasteiger partial charge is 0.352 e. The Hall–Kier alpha value is -2.34. The Bertz CT molecular complexity index is 860. The molecular weight excluding hydrogens is 312 g/mol. The van der Waals surface area contributed by atoms with Gasteiger partial charge in [0, 0.05) is 17.2 Å². The van der Waals surface area contributed by atoms with Crippen molar-refractivity contribution < 1.29 is 13.2 Å². The number of carbonyl (C=O) groups is 1. The Morgan fingerprint density at radius 1 is 1.04 bits per heavy atom. The van der Waals surface area contributed by atoms with Gasteiger partial charge in [-0.3, -0.25) is 9.10 Å². The maximum atomic E-state index is 12.9. The molecule has 0 atom stereocenters. The van der Waals surface area contributed by atoms with Gasteiger partial charge in [-0.2, -0.15) is 0 Å². The molecule has 5 nitrogen and oxygen atoms in total. The van der Waals surface area contributed by atoms with E-state index in [1.165, 1.54) is 4.31 Å². The van der Waals surface area contributed by atoms with Crippen molar-refractivity contribution in [3.05, 3.63) is 48.5 Å². The molecule has 1 amide bonds. The van der Waals surface area contributed by atoms with Crippen LogP contribution in [0.1, 0.15) is 13.8 Å². The summed E-state index contributed by atoms with van der Waals surface area (Å²) in [4.78, 5) is 12.3. The van der Waals surface area contributed by atoms with Gasteiger partial charge in [-0.15, -0.1) is 0 Å². The molecule has 120 valence electrons. The van der Waals surface area contributed by atoms with Gasteiger partial charge in [0.2, 0.25) is 5.91 Å². The molecule has 1 N–H and O–H groups in total. The van der Waals surface area contributed by atoms with Crippen LogP contribution in [0, 0.1) is 0 Å². The van der Waals surface area contributed by atoms with Gasteiger partial charge in [0.15, 0.2) is 0 Å². The van der Waals surface area contributed by atoms with Gasteiger partial charge in [-0.1, -0.05) is 36.4 Å². The number of fused-ring (bicyclic) bond motifs is 3. The van der Waals surface area contributed by atoms with Crippen LogP contribution in [0.3, 0.4) is 0 Å². The second kappa shape index (κ2) is 5.70. The van der Waals surface area contributed by atoms with E-state index >= 15 is 0 Å². The number of sulfonamides is 1. The minimum atomic E-state index is -3.75. The van der Waals surface area contributed by atoms with Crippen molar-refractivity contribution in [2.75, 3.05) is 10.8 Å². The second-order valence-electron chi connectivity index (χ2n) is 5.75. The summed E-state index contributed by atoms with van der Waals surface area (Å²) in [5, 5.41) is 2.74. The molecule has 3 rings (SSSR count). The van der Waals surface area contributed by atoms with Gasteiger partial charge in [0.1, 0.15) is 6.54 Å². The van der Waals surface area contributed by atoms with Gasteiger partial charge in [0.25, 0.3) is 10.0 Å². The van der Waals surface area contributed by atoms with Gasteiger partial charge in [0.05, 0.1) is 10.6 Å². The molecule has 0 aromatic heterocycles. The molecule has 0 unspecified atom stereocenters. The molecule has 6 heteroatoms. The minimum Gasteiger partial charge on any atom is -0.352 e. The topological polar surface area (TPSA) is 66.5 Å². The highest BCUT2D eigenvalue weighted by Gasteiger charge is 2.35. The van der Waals surface area contributed by atoms with Gasteiger partial charge in [-0.05, 0) is 26.0 Å². The first-order valence-electron chi connectivity index (χ1n) is 7.42. The first kappa shape index (κ1) is 15.6. The third kappa shape index (κ3) is 2.70. The second-order valence-corrected chi connectivity index (χ2v) is 7.58. The molecule has 0 spiro atoms. The molecular formula is C17H18N2O3S. The van der Waals surface area contributed by atoms with E-state index in [-0.39, 0.29) is 23.4 Å². The van der Waals surface area contributed by atoms with Crippen LogP contribution in [-0.4, -0.2) is 26.9 Å². The van der Waals surface area contributed by atoms with Crippen molar-refractivity contribution in [1.82, 2.24) is 5.32 Å². The summed E-state index contributed by atoms with van der Waals surface area (Å²) in [7, 11) is -3.75. The molecule has 1 heterocycles. The normalized spacial score (nSPS) is 15.0. The van der Waals surface area contributed by atoms with Crippen LogP contribution in [0.4, 0.5) is 5.69 Å². The van der Waals surface area contributed by atoms with E-state index in [0.717, 1.165) is 5.56 Å². The average molecular weight is 330 g/mol. The van der Waals surface area contributed by atoms with E-state index in [0.29, 0.717) is 11.3 Å². The highest BCUT2D eigenvalue weighted by molar-refractivity contribution is 7.93. The predicted octanol–water partition coefficient (Wildman–Crippen LogP) is 2.39. The fourth-order valence-electron chi connectivity index (χ4n) is 2.75. The summed E-state index contributed by atoms with van der Waals surface area (Å²) in [5.41, 5.74) is 2.02. The zero-order chi connectivity index (χ0) is 16.6. The fourth-order valence-corrected chi connectivity index (χ4v) is 4.40. The number of rotatable bonds is 3. The zero-order valence-electron chi connectivity index (χ0n) is 13.0. The van der Waals surface area contributed by atoms with E-state index < -0.39 is 10.0 Å². The maximum absolute atomic E-state index is 12.9. The van der Waals surface area contributed by atoms with Crippen LogP contribution < -0.4 is 9.62 Å². The Kier molecular flexibility index (Phi) is 3.85. The van der Waals surface area contributed by atoms with Crippen molar-refractivity contribution in [3.63, 3.8) is 0 Å². The number of carbonyl (C=O) groups excluding carboxylic acids is 1. The molecule has 0 aliphatic carbocycles. The van der Waals surface area contributed by atoms with Crippen LogP contribution in [-0.2, 0) is 14.8 Å². The lowest BCUT2D eigenvalue weighted by atomic mass is 10.0.